The van der Waals surface area contributed by atoms with Gasteiger partial charge in [-0.3, -0.25) is 9.00 Å². The summed E-state index contributed by atoms with van der Waals surface area (Å²) in [5.41, 5.74) is 1.79. The summed E-state index contributed by atoms with van der Waals surface area (Å²) in [5.74, 6) is 1.99. The lowest BCUT2D eigenvalue weighted by Crippen LogP contribution is -2.27. The minimum Gasteiger partial charge on any atom is -0.381 e. The fourth-order valence-corrected chi connectivity index (χ4v) is 4.81. The summed E-state index contributed by atoms with van der Waals surface area (Å²) in [4.78, 5) is 14.2. The molecule has 0 aliphatic carbocycles. The Bertz CT molecular complexity index is 546. The Hall–Kier alpha value is -1.20. The third-order valence-corrected chi connectivity index (χ3v) is 6.18. The zero-order valence-electron chi connectivity index (χ0n) is 13.5. The molecule has 1 aromatic rings. The first-order valence-electron chi connectivity index (χ1n) is 8.53. The summed E-state index contributed by atoms with van der Waals surface area (Å²) < 4.78 is 17.6. The van der Waals surface area contributed by atoms with Crippen molar-refractivity contribution in [2.24, 2.45) is 5.92 Å². The molecule has 0 unspecified atom stereocenters. The van der Waals surface area contributed by atoms with Crippen LogP contribution in [0.5, 0.6) is 0 Å². The van der Waals surface area contributed by atoms with Crippen LogP contribution in [0.4, 0.5) is 0 Å². The normalized spacial score (nSPS) is 20.6. The second-order valence-corrected chi connectivity index (χ2v) is 8.00. The summed E-state index contributed by atoms with van der Waals surface area (Å²) in [5, 5.41) is 0. The van der Waals surface area contributed by atoms with Crippen molar-refractivity contribution in [3.05, 3.63) is 35.4 Å². The Balaban J connectivity index is 1.52. The number of benzene rings is 1. The van der Waals surface area contributed by atoms with Crippen LogP contribution in [-0.4, -0.2) is 47.1 Å². The van der Waals surface area contributed by atoms with E-state index >= 15 is 0 Å². The molecule has 2 saturated heterocycles. The number of nitrogens with zero attached hydrogens (tertiary/aromatic N) is 1. The van der Waals surface area contributed by atoms with E-state index in [4.69, 9.17) is 4.74 Å². The van der Waals surface area contributed by atoms with Crippen molar-refractivity contribution < 1.29 is 13.7 Å². The Morgan fingerprint density at radius 3 is 2.43 bits per heavy atom. The van der Waals surface area contributed by atoms with Gasteiger partial charge in [0.05, 0.1) is 0 Å². The van der Waals surface area contributed by atoms with Crippen molar-refractivity contribution in [2.45, 2.75) is 31.4 Å². The van der Waals surface area contributed by atoms with Gasteiger partial charge in [0.2, 0.25) is 0 Å². The molecule has 0 spiro atoms. The van der Waals surface area contributed by atoms with Gasteiger partial charge in [-0.2, -0.15) is 0 Å². The lowest BCUT2D eigenvalue weighted by Gasteiger charge is -2.21. The summed E-state index contributed by atoms with van der Waals surface area (Å²) in [6, 6.07) is 7.65. The van der Waals surface area contributed by atoms with Crippen LogP contribution < -0.4 is 0 Å². The summed E-state index contributed by atoms with van der Waals surface area (Å²) in [7, 11) is -0.839. The molecule has 2 aliphatic heterocycles. The molecule has 0 bridgehead atoms. The molecule has 0 N–H and O–H groups in total. The number of hydrogen-bond donors (Lipinski definition) is 0. The lowest BCUT2D eigenvalue weighted by molar-refractivity contribution is 0.0725. The highest BCUT2D eigenvalue weighted by Gasteiger charge is 2.20. The molecule has 0 saturated carbocycles. The third-order valence-electron chi connectivity index (χ3n) is 4.68. The van der Waals surface area contributed by atoms with Crippen LogP contribution >= 0.6 is 0 Å². The lowest BCUT2D eigenvalue weighted by atomic mass is 10.0. The molecular formula is C18H25NO3S. The maximum Gasteiger partial charge on any atom is 0.253 e. The second-order valence-electron chi connectivity index (χ2n) is 6.50. The van der Waals surface area contributed by atoms with Gasteiger partial charge < -0.3 is 9.64 Å². The first-order chi connectivity index (χ1) is 11.2. The third kappa shape index (κ3) is 4.64. The highest BCUT2D eigenvalue weighted by molar-refractivity contribution is 7.84. The van der Waals surface area contributed by atoms with Gasteiger partial charge in [0.15, 0.2) is 0 Å². The van der Waals surface area contributed by atoms with Crippen molar-refractivity contribution in [3.63, 3.8) is 0 Å². The maximum atomic E-state index is 12.3. The number of carbonyl (C=O) groups is 1. The predicted molar refractivity (Wildman–Crippen MR) is 91.8 cm³/mol. The van der Waals surface area contributed by atoms with Gasteiger partial charge in [0.25, 0.3) is 5.91 Å². The van der Waals surface area contributed by atoms with Crippen LogP contribution in [0.3, 0.4) is 0 Å². The molecule has 5 heteroatoms. The van der Waals surface area contributed by atoms with Crippen molar-refractivity contribution >= 4 is 16.7 Å². The molecule has 0 aromatic heterocycles. The maximum absolute atomic E-state index is 12.3. The van der Waals surface area contributed by atoms with E-state index in [2.05, 4.69) is 0 Å². The van der Waals surface area contributed by atoms with Crippen LogP contribution in [0.1, 0.15) is 41.6 Å². The van der Waals surface area contributed by atoms with Gasteiger partial charge in [0, 0.05) is 54.2 Å². The fourth-order valence-electron chi connectivity index (χ4n) is 3.27. The van der Waals surface area contributed by atoms with Crippen LogP contribution in [0.15, 0.2) is 24.3 Å². The average molecular weight is 335 g/mol. The Morgan fingerprint density at radius 1 is 1.13 bits per heavy atom. The zero-order valence-corrected chi connectivity index (χ0v) is 14.4. The van der Waals surface area contributed by atoms with E-state index in [9.17, 15) is 9.00 Å². The number of rotatable bonds is 5. The van der Waals surface area contributed by atoms with E-state index < -0.39 is 10.8 Å². The Morgan fingerprint density at radius 2 is 1.78 bits per heavy atom. The molecule has 126 valence electrons. The number of amides is 1. The molecule has 2 heterocycles. The molecule has 0 radical (unpaired) electrons. The number of ether oxygens (including phenoxy) is 1. The molecule has 1 aromatic carbocycles. The minimum absolute atomic E-state index is 0.123. The monoisotopic (exact) mass is 335 g/mol. The van der Waals surface area contributed by atoms with E-state index in [1.54, 1.807) is 0 Å². The predicted octanol–water partition coefficient (Wildman–Crippen LogP) is 2.60. The number of likely N-dealkylation sites (tertiary alicyclic amines) is 1. The molecule has 1 amide bonds. The van der Waals surface area contributed by atoms with Crippen LogP contribution in [0, 0.1) is 5.92 Å². The number of carbonyl (C=O) groups excluding carboxylic acids is 1. The molecular weight excluding hydrogens is 310 g/mol. The smallest absolute Gasteiger partial charge is 0.253 e. The molecule has 3 rings (SSSR count). The van der Waals surface area contributed by atoms with Gasteiger partial charge in [-0.15, -0.1) is 0 Å². The van der Waals surface area contributed by atoms with E-state index in [1.165, 1.54) is 0 Å². The van der Waals surface area contributed by atoms with E-state index in [0.717, 1.165) is 68.9 Å². The van der Waals surface area contributed by atoms with Gasteiger partial charge >= 0.3 is 0 Å². The number of hydrogen-bond acceptors (Lipinski definition) is 3. The Labute approximate surface area is 140 Å². The van der Waals surface area contributed by atoms with Crippen molar-refractivity contribution in [3.8, 4) is 0 Å². The van der Waals surface area contributed by atoms with Gasteiger partial charge in [-0.1, -0.05) is 12.1 Å². The average Bonchev–Trinajstić information content (AvgIpc) is 3.10. The first kappa shape index (κ1) is 16.7. The largest absolute Gasteiger partial charge is 0.381 e. The summed E-state index contributed by atoms with van der Waals surface area (Å²) in [6.45, 7) is 3.34. The van der Waals surface area contributed by atoms with Gasteiger partial charge in [-0.25, -0.2) is 0 Å². The van der Waals surface area contributed by atoms with Crippen molar-refractivity contribution in [1.29, 1.82) is 0 Å². The second kappa shape index (κ2) is 8.06. The highest BCUT2D eigenvalue weighted by Crippen LogP contribution is 2.18. The van der Waals surface area contributed by atoms with Crippen LogP contribution in [-0.2, 0) is 21.3 Å². The SMILES string of the molecule is O=C(c1ccc(C[S@](=O)CC2CCOCC2)cc1)N1CCCC1. The standard InChI is InChI=1S/C18H25NO3S/c20-18(19-9-1-2-10-19)17-5-3-15(4-6-17)13-23(21)14-16-7-11-22-12-8-16/h3-6,16H,1-2,7-14H2/t23-/m0/s1. The van der Waals surface area contributed by atoms with Gasteiger partial charge in [-0.05, 0) is 49.3 Å². The zero-order chi connectivity index (χ0) is 16.1. The molecule has 2 aliphatic rings. The molecule has 1 atom stereocenters. The quantitative estimate of drug-likeness (QED) is 0.831. The van der Waals surface area contributed by atoms with Crippen LogP contribution in [0.25, 0.3) is 0 Å². The van der Waals surface area contributed by atoms with E-state index in [0.29, 0.717) is 11.7 Å². The molecule has 4 nitrogen and oxygen atoms in total. The summed E-state index contributed by atoms with van der Waals surface area (Å²) in [6.07, 6.45) is 4.26. The van der Waals surface area contributed by atoms with E-state index in [-0.39, 0.29) is 5.91 Å². The van der Waals surface area contributed by atoms with Crippen molar-refractivity contribution in [2.75, 3.05) is 32.1 Å². The Kier molecular flexibility index (Phi) is 5.84. The van der Waals surface area contributed by atoms with Crippen LogP contribution in [0.2, 0.25) is 0 Å². The highest BCUT2D eigenvalue weighted by atomic mass is 32.2. The fraction of sp³-hybridized carbons (Fsp3) is 0.611. The van der Waals surface area contributed by atoms with Gasteiger partial charge in [0.1, 0.15) is 0 Å². The summed E-state index contributed by atoms with van der Waals surface area (Å²) >= 11 is 0. The molecule has 23 heavy (non-hydrogen) atoms. The molecule has 2 fully saturated rings. The van der Waals surface area contributed by atoms with Crippen molar-refractivity contribution in [1.82, 2.24) is 4.90 Å². The topological polar surface area (TPSA) is 46.6 Å². The minimum atomic E-state index is -0.839. The first-order valence-corrected chi connectivity index (χ1v) is 10.0. The van der Waals surface area contributed by atoms with E-state index in [1.807, 2.05) is 29.2 Å².